The topological polar surface area (TPSA) is 75.7 Å². The molecule has 0 bridgehead atoms. The molecule has 1 aliphatic heterocycles. The standard InChI is InChI=1S/C21H24Cl2N2O4S/c1-14(15-5-8-18(29-2)9-6-15)24-21(26)16-4-3-11-25(13-16)30(27,28)20-12-17(22)7-10-19(20)23/h5-10,12,14,16H,3-4,11,13H2,1-2H3,(H,24,26)/t14-,16-/m0/s1. The molecule has 0 unspecified atom stereocenters. The molecule has 1 heterocycles. The highest BCUT2D eigenvalue weighted by molar-refractivity contribution is 7.89. The fourth-order valence-corrected chi connectivity index (χ4v) is 5.76. The summed E-state index contributed by atoms with van der Waals surface area (Å²) in [6.07, 6.45) is 1.21. The molecule has 1 N–H and O–H groups in total. The number of sulfonamides is 1. The van der Waals surface area contributed by atoms with E-state index in [9.17, 15) is 13.2 Å². The number of methoxy groups -OCH3 is 1. The van der Waals surface area contributed by atoms with Crippen molar-refractivity contribution < 1.29 is 17.9 Å². The van der Waals surface area contributed by atoms with Crippen molar-refractivity contribution >= 4 is 39.1 Å². The number of benzene rings is 2. The zero-order valence-electron chi connectivity index (χ0n) is 16.8. The van der Waals surface area contributed by atoms with Crippen LogP contribution in [0.1, 0.15) is 31.4 Å². The molecule has 3 rings (SSSR count). The van der Waals surface area contributed by atoms with Gasteiger partial charge < -0.3 is 10.1 Å². The van der Waals surface area contributed by atoms with Gasteiger partial charge in [0.25, 0.3) is 0 Å². The van der Waals surface area contributed by atoms with Gasteiger partial charge in [-0.15, -0.1) is 0 Å². The Morgan fingerprint density at radius 1 is 1.20 bits per heavy atom. The molecule has 1 amide bonds. The highest BCUT2D eigenvalue weighted by atomic mass is 35.5. The molecule has 1 aliphatic rings. The number of rotatable bonds is 6. The minimum Gasteiger partial charge on any atom is -0.497 e. The number of nitrogens with zero attached hydrogens (tertiary/aromatic N) is 1. The number of hydrogen-bond donors (Lipinski definition) is 1. The largest absolute Gasteiger partial charge is 0.497 e. The van der Waals surface area contributed by atoms with Gasteiger partial charge >= 0.3 is 0 Å². The Kier molecular flexibility index (Phi) is 7.29. The Hall–Kier alpha value is -1.80. The van der Waals surface area contributed by atoms with Crippen LogP contribution < -0.4 is 10.1 Å². The molecule has 6 nitrogen and oxygen atoms in total. The Balaban J connectivity index is 1.70. The third kappa shape index (κ3) is 5.09. The fourth-order valence-electron chi connectivity index (χ4n) is 3.50. The average Bonchev–Trinajstić information content (AvgIpc) is 2.75. The van der Waals surface area contributed by atoms with Crippen LogP contribution in [0.5, 0.6) is 5.75 Å². The van der Waals surface area contributed by atoms with E-state index in [2.05, 4.69) is 5.32 Å². The van der Waals surface area contributed by atoms with Crippen molar-refractivity contribution in [2.24, 2.45) is 5.92 Å². The summed E-state index contributed by atoms with van der Waals surface area (Å²) in [6.45, 7) is 2.33. The summed E-state index contributed by atoms with van der Waals surface area (Å²) in [7, 11) is -2.25. The van der Waals surface area contributed by atoms with Crippen molar-refractivity contribution in [1.82, 2.24) is 9.62 Å². The summed E-state index contributed by atoms with van der Waals surface area (Å²) < 4.78 is 32.6. The van der Waals surface area contributed by atoms with Crippen LogP contribution in [0.3, 0.4) is 0 Å². The summed E-state index contributed by atoms with van der Waals surface area (Å²) in [4.78, 5) is 12.8. The molecular weight excluding hydrogens is 447 g/mol. The number of nitrogens with one attached hydrogen (secondary N) is 1. The molecule has 0 saturated carbocycles. The average molecular weight is 471 g/mol. The van der Waals surface area contributed by atoms with Crippen LogP contribution in [0.2, 0.25) is 10.0 Å². The van der Waals surface area contributed by atoms with Gasteiger partial charge in [-0.3, -0.25) is 4.79 Å². The third-order valence-electron chi connectivity index (χ3n) is 5.24. The van der Waals surface area contributed by atoms with E-state index in [0.717, 1.165) is 11.3 Å². The highest BCUT2D eigenvalue weighted by Gasteiger charge is 2.34. The molecule has 9 heteroatoms. The first-order valence-corrected chi connectivity index (χ1v) is 11.8. The van der Waals surface area contributed by atoms with E-state index in [0.29, 0.717) is 19.4 Å². The lowest BCUT2D eigenvalue weighted by Crippen LogP contribution is -2.45. The summed E-state index contributed by atoms with van der Waals surface area (Å²) in [5.74, 6) is 0.132. The van der Waals surface area contributed by atoms with Crippen LogP contribution in [-0.4, -0.2) is 38.8 Å². The quantitative estimate of drug-likeness (QED) is 0.683. The van der Waals surface area contributed by atoms with Crippen LogP contribution >= 0.6 is 23.2 Å². The van der Waals surface area contributed by atoms with Crippen molar-refractivity contribution in [3.05, 3.63) is 58.1 Å². The van der Waals surface area contributed by atoms with E-state index in [4.69, 9.17) is 27.9 Å². The number of amides is 1. The third-order valence-corrected chi connectivity index (χ3v) is 7.82. The van der Waals surface area contributed by atoms with Gasteiger partial charge in [0.2, 0.25) is 15.9 Å². The number of carbonyl (C=O) groups excluding carboxylic acids is 1. The van der Waals surface area contributed by atoms with Crippen molar-refractivity contribution in [2.75, 3.05) is 20.2 Å². The van der Waals surface area contributed by atoms with Crippen LogP contribution in [0.4, 0.5) is 0 Å². The molecule has 162 valence electrons. The maximum absolute atomic E-state index is 13.1. The lowest BCUT2D eigenvalue weighted by Gasteiger charge is -2.32. The monoisotopic (exact) mass is 470 g/mol. The van der Waals surface area contributed by atoms with Crippen molar-refractivity contribution in [2.45, 2.75) is 30.7 Å². The molecule has 1 fully saturated rings. The molecule has 0 aromatic heterocycles. The second kappa shape index (κ2) is 9.56. The number of carbonyl (C=O) groups is 1. The van der Waals surface area contributed by atoms with E-state index in [1.54, 1.807) is 7.11 Å². The van der Waals surface area contributed by atoms with Gasteiger partial charge in [-0.2, -0.15) is 4.31 Å². The predicted molar refractivity (Wildman–Crippen MR) is 117 cm³/mol. The number of halogens is 2. The predicted octanol–water partition coefficient (Wildman–Crippen LogP) is 4.28. The highest BCUT2D eigenvalue weighted by Crippen LogP contribution is 2.30. The van der Waals surface area contributed by atoms with Crippen LogP contribution in [0, 0.1) is 5.92 Å². The van der Waals surface area contributed by atoms with E-state index in [-0.39, 0.29) is 33.4 Å². The van der Waals surface area contributed by atoms with E-state index in [1.807, 2.05) is 31.2 Å². The first-order valence-electron chi connectivity index (χ1n) is 9.62. The lowest BCUT2D eigenvalue weighted by molar-refractivity contribution is -0.126. The Bertz CT molecular complexity index is 1010. The minimum absolute atomic E-state index is 0.0377. The van der Waals surface area contributed by atoms with E-state index in [1.165, 1.54) is 22.5 Å². The summed E-state index contributed by atoms with van der Waals surface area (Å²) in [6, 6.07) is 11.6. The first-order chi connectivity index (χ1) is 14.2. The molecule has 0 aliphatic carbocycles. The number of ether oxygens (including phenoxy) is 1. The lowest BCUT2D eigenvalue weighted by atomic mass is 9.98. The molecule has 2 aromatic carbocycles. The first kappa shape index (κ1) is 22.9. The molecule has 30 heavy (non-hydrogen) atoms. The molecular formula is C21H24Cl2N2O4S. The summed E-state index contributed by atoms with van der Waals surface area (Å²) in [5, 5.41) is 3.39. The maximum Gasteiger partial charge on any atom is 0.244 e. The van der Waals surface area contributed by atoms with Crippen molar-refractivity contribution in [3.8, 4) is 5.75 Å². The molecule has 0 radical (unpaired) electrons. The second-order valence-corrected chi connectivity index (χ2v) is 10.0. The molecule has 2 atom stereocenters. The Morgan fingerprint density at radius 3 is 2.57 bits per heavy atom. The number of hydrogen-bond acceptors (Lipinski definition) is 4. The summed E-state index contributed by atoms with van der Waals surface area (Å²) in [5.41, 5.74) is 0.940. The Morgan fingerprint density at radius 2 is 1.90 bits per heavy atom. The van der Waals surface area contributed by atoms with Crippen molar-refractivity contribution in [3.63, 3.8) is 0 Å². The summed E-state index contributed by atoms with van der Waals surface area (Å²) >= 11 is 12.1. The van der Waals surface area contributed by atoms with Gasteiger partial charge in [-0.1, -0.05) is 35.3 Å². The van der Waals surface area contributed by atoms with Gasteiger partial charge in [-0.05, 0) is 55.7 Å². The fraction of sp³-hybridized carbons (Fsp3) is 0.381. The minimum atomic E-state index is -3.85. The second-order valence-electron chi connectivity index (χ2n) is 7.28. The maximum atomic E-state index is 13.1. The zero-order chi connectivity index (χ0) is 21.9. The molecule has 2 aromatic rings. The van der Waals surface area contributed by atoms with Gasteiger partial charge in [0.1, 0.15) is 10.6 Å². The van der Waals surface area contributed by atoms with Gasteiger partial charge in [0.15, 0.2) is 0 Å². The Labute approximate surface area is 187 Å². The van der Waals surface area contributed by atoms with Crippen LogP contribution in [0.25, 0.3) is 0 Å². The van der Waals surface area contributed by atoms with Crippen LogP contribution in [0.15, 0.2) is 47.4 Å². The molecule has 1 saturated heterocycles. The molecule has 0 spiro atoms. The van der Waals surface area contributed by atoms with Gasteiger partial charge in [0.05, 0.1) is 24.1 Å². The van der Waals surface area contributed by atoms with Crippen molar-refractivity contribution in [1.29, 1.82) is 0 Å². The normalized spacial score (nSPS) is 18.6. The van der Waals surface area contributed by atoms with Gasteiger partial charge in [-0.25, -0.2) is 8.42 Å². The van der Waals surface area contributed by atoms with Crippen LogP contribution in [-0.2, 0) is 14.8 Å². The SMILES string of the molecule is COc1ccc([C@H](C)NC(=O)[C@H]2CCCN(S(=O)(=O)c3cc(Cl)ccc3Cl)C2)cc1. The van der Waals surface area contributed by atoms with Gasteiger partial charge in [0, 0.05) is 18.1 Å². The smallest absolute Gasteiger partial charge is 0.244 e. The number of piperidine rings is 1. The van der Waals surface area contributed by atoms with E-state index < -0.39 is 15.9 Å². The van der Waals surface area contributed by atoms with E-state index >= 15 is 0 Å². The zero-order valence-corrected chi connectivity index (χ0v) is 19.1.